The first-order chi connectivity index (χ1) is 10.6. The average Bonchev–Trinajstić information content (AvgIpc) is 2.43. The first-order valence-corrected chi connectivity index (χ1v) is 7.16. The molecule has 0 fully saturated rings. The fourth-order valence-corrected chi connectivity index (χ4v) is 1.35. The van der Waals surface area contributed by atoms with Crippen molar-refractivity contribution >= 4 is 18.0 Å². The number of methoxy groups -OCH3 is 1. The third-order valence-corrected chi connectivity index (χ3v) is 2.45. The number of amides is 2. The van der Waals surface area contributed by atoms with Crippen LogP contribution in [0.3, 0.4) is 0 Å². The van der Waals surface area contributed by atoms with Crippen LogP contribution in [0.25, 0.3) is 0 Å². The number of ether oxygens (including phenoxy) is 2. The van der Waals surface area contributed by atoms with Gasteiger partial charge in [0.25, 0.3) is 0 Å². The van der Waals surface area contributed by atoms with Crippen LogP contribution in [0.4, 0.5) is 4.79 Å². The van der Waals surface area contributed by atoms with E-state index in [2.05, 4.69) is 23.8 Å². The number of esters is 1. The Balaban J connectivity index is 0.000000568. The lowest BCUT2D eigenvalue weighted by Crippen LogP contribution is -2.42. The van der Waals surface area contributed by atoms with E-state index in [1.54, 1.807) is 20.8 Å². The molecule has 0 aliphatic carbocycles. The predicted octanol–water partition coefficient (Wildman–Crippen LogP) is 2.94. The van der Waals surface area contributed by atoms with Gasteiger partial charge in [-0.3, -0.25) is 9.59 Å². The highest BCUT2D eigenvalue weighted by Gasteiger charge is 2.27. The molecule has 0 unspecified atom stereocenters. The van der Waals surface area contributed by atoms with Crippen molar-refractivity contribution in [2.24, 2.45) is 0 Å². The zero-order valence-corrected chi connectivity index (χ0v) is 14.6. The highest BCUT2D eigenvalue weighted by atomic mass is 16.6. The molecule has 2 amide bonds. The van der Waals surface area contributed by atoms with Crippen molar-refractivity contribution < 1.29 is 23.9 Å². The van der Waals surface area contributed by atoms with Crippen molar-refractivity contribution in [1.29, 1.82) is 0 Å². The summed E-state index contributed by atoms with van der Waals surface area (Å²) in [7, 11) is 1.18. The number of aryl methyl sites for hydroxylation is 1. The van der Waals surface area contributed by atoms with E-state index < -0.39 is 30.1 Å². The normalized spacial score (nSPS) is 10.0. The fourth-order valence-electron chi connectivity index (χ4n) is 1.35. The van der Waals surface area contributed by atoms with Gasteiger partial charge in [0.15, 0.2) is 0 Å². The Morgan fingerprint density at radius 1 is 1.09 bits per heavy atom. The molecule has 0 aromatic heterocycles. The van der Waals surface area contributed by atoms with Crippen LogP contribution in [0.15, 0.2) is 30.3 Å². The number of rotatable bonds is 2. The minimum absolute atomic E-state index is 0.444. The number of imide groups is 1. The molecule has 0 aliphatic rings. The highest BCUT2D eigenvalue weighted by molar-refractivity contribution is 5.94. The maximum Gasteiger partial charge on any atom is 0.417 e. The lowest BCUT2D eigenvalue weighted by Gasteiger charge is -2.24. The van der Waals surface area contributed by atoms with E-state index in [9.17, 15) is 14.4 Å². The number of hydrogen-bond donors (Lipinski definition) is 0. The SMILES string of the molecule is COC(=O)CN(C(C)=O)C(=O)OC(C)(C)C.Cc1ccccc1. The van der Waals surface area contributed by atoms with Crippen LogP contribution >= 0.6 is 0 Å². The summed E-state index contributed by atoms with van der Waals surface area (Å²) in [6, 6.07) is 10.3. The molecule has 0 aliphatic heterocycles. The number of nitrogens with zero attached hydrogens (tertiary/aromatic N) is 1. The van der Waals surface area contributed by atoms with E-state index in [1.807, 2.05) is 18.2 Å². The van der Waals surface area contributed by atoms with Crippen molar-refractivity contribution in [1.82, 2.24) is 4.90 Å². The Morgan fingerprint density at radius 3 is 1.91 bits per heavy atom. The van der Waals surface area contributed by atoms with Crippen LogP contribution in [0.2, 0.25) is 0 Å². The van der Waals surface area contributed by atoms with Gasteiger partial charge >= 0.3 is 12.1 Å². The number of carbonyl (C=O) groups excluding carboxylic acids is 3. The second-order valence-electron chi connectivity index (χ2n) is 5.82. The molecule has 0 N–H and O–H groups in total. The lowest BCUT2D eigenvalue weighted by atomic mass is 10.2. The fraction of sp³-hybridized carbons (Fsp3) is 0.471. The number of hydrogen-bond acceptors (Lipinski definition) is 5. The number of benzene rings is 1. The van der Waals surface area contributed by atoms with Gasteiger partial charge in [-0.25, -0.2) is 9.69 Å². The second kappa shape index (κ2) is 9.61. The van der Waals surface area contributed by atoms with Crippen LogP contribution in [0.1, 0.15) is 33.3 Å². The summed E-state index contributed by atoms with van der Waals surface area (Å²) >= 11 is 0. The molecule has 0 saturated carbocycles. The third kappa shape index (κ3) is 10.1. The van der Waals surface area contributed by atoms with Gasteiger partial charge in [0.05, 0.1) is 7.11 Å². The largest absolute Gasteiger partial charge is 0.468 e. The van der Waals surface area contributed by atoms with Gasteiger partial charge < -0.3 is 9.47 Å². The zero-order chi connectivity index (χ0) is 18.0. The molecular weight excluding hydrogens is 298 g/mol. The Kier molecular flexibility index (Phi) is 8.62. The highest BCUT2D eigenvalue weighted by Crippen LogP contribution is 2.10. The molecule has 0 spiro atoms. The van der Waals surface area contributed by atoms with E-state index in [1.165, 1.54) is 19.6 Å². The van der Waals surface area contributed by atoms with Gasteiger partial charge in [-0.05, 0) is 27.7 Å². The molecule has 0 heterocycles. The molecule has 1 aromatic rings. The van der Waals surface area contributed by atoms with Crippen LogP contribution in [-0.4, -0.2) is 42.1 Å². The Labute approximate surface area is 137 Å². The van der Waals surface area contributed by atoms with Crippen LogP contribution in [-0.2, 0) is 19.1 Å². The second-order valence-corrected chi connectivity index (χ2v) is 5.82. The van der Waals surface area contributed by atoms with Crippen molar-refractivity contribution in [3.05, 3.63) is 35.9 Å². The van der Waals surface area contributed by atoms with E-state index >= 15 is 0 Å². The molecule has 0 saturated heterocycles. The van der Waals surface area contributed by atoms with Crippen LogP contribution in [0, 0.1) is 6.92 Å². The molecule has 6 heteroatoms. The molecule has 0 radical (unpaired) electrons. The van der Waals surface area contributed by atoms with Gasteiger partial charge in [-0.15, -0.1) is 0 Å². The first-order valence-electron chi connectivity index (χ1n) is 7.16. The minimum Gasteiger partial charge on any atom is -0.468 e. The summed E-state index contributed by atoms with van der Waals surface area (Å²) in [6.45, 7) is 7.82. The Hall–Kier alpha value is -2.37. The van der Waals surface area contributed by atoms with E-state index in [-0.39, 0.29) is 0 Å². The standard InChI is InChI=1S/C10H17NO5.C7H8/c1-7(12)11(6-8(13)15-5)9(14)16-10(2,3)4;1-7-5-3-2-4-6-7/h6H2,1-5H3;2-6H,1H3. The summed E-state index contributed by atoms with van der Waals surface area (Å²) in [4.78, 5) is 34.3. The van der Waals surface area contributed by atoms with E-state index in [0.29, 0.717) is 4.90 Å². The summed E-state index contributed by atoms with van der Waals surface area (Å²) < 4.78 is 9.34. The Morgan fingerprint density at radius 2 is 1.61 bits per heavy atom. The molecule has 1 rings (SSSR count). The third-order valence-electron chi connectivity index (χ3n) is 2.45. The maximum absolute atomic E-state index is 11.5. The van der Waals surface area contributed by atoms with Gasteiger partial charge in [0, 0.05) is 6.92 Å². The van der Waals surface area contributed by atoms with Gasteiger partial charge in [-0.1, -0.05) is 35.9 Å². The van der Waals surface area contributed by atoms with Gasteiger partial charge in [-0.2, -0.15) is 0 Å². The monoisotopic (exact) mass is 323 g/mol. The molecule has 23 heavy (non-hydrogen) atoms. The summed E-state index contributed by atoms with van der Waals surface area (Å²) in [5.74, 6) is -1.25. The number of carbonyl (C=O) groups is 3. The zero-order valence-electron chi connectivity index (χ0n) is 14.6. The van der Waals surface area contributed by atoms with Crippen LogP contribution in [0.5, 0.6) is 0 Å². The first kappa shape index (κ1) is 20.6. The minimum atomic E-state index is -0.856. The smallest absolute Gasteiger partial charge is 0.417 e. The summed E-state index contributed by atoms with van der Waals surface area (Å²) in [5, 5.41) is 0. The lowest BCUT2D eigenvalue weighted by molar-refractivity contribution is -0.145. The summed E-state index contributed by atoms with van der Waals surface area (Å²) in [5.41, 5.74) is 0.600. The van der Waals surface area contributed by atoms with Gasteiger partial charge in [0.2, 0.25) is 5.91 Å². The summed E-state index contributed by atoms with van der Waals surface area (Å²) in [6.07, 6.45) is -0.856. The average molecular weight is 323 g/mol. The van der Waals surface area contributed by atoms with Gasteiger partial charge in [0.1, 0.15) is 12.1 Å². The Bertz CT molecular complexity index is 520. The van der Waals surface area contributed by atoms with Crippen LogP contribution < -0.4 is 0 Å². The molecule has 0 atom stereocenters. The molecule has 0 bridgehead atoms. The maximum atomic E-state index is 11.5. The quantitative estimate of drug-likeness (QED) is 0.782. The molecule has 6 nitrogen and oxygen atoms in total. The van der Waals surface area contributed by atoms with E-state index in [0.717, 1.165) is 0 Å². The van der Waals surface area contributed by atoms with Crippen molar-refractivity contribution in [2.75, 3.05) is 13.7 Å². The molecular formula is C17H25NO5. The molecule has 128 valence electrons. The predicted molar refractivity (Wildman–Crippen MR) is 86.8 cm³/mol. The van der Waals surface area contributed by atoms with Crippen molar-refractivity contribution in [2.45, 2.75) is 40.2 Å². The topological polar surface area (TPSA) is 72.9 Å². The molecule has 1 aromatic carbocycles. The van der Waals surface area contributed by atoms with Crippen molar-refractivity contribution in [3.8, 4) is 0 Å². The van der Waals surface area contributed by atoms with Crippen molar-refractivity contribution in [3.63, 3.8) is 0 Å². The van der Waals surface area contributed by atoms with E-state index in [4.69, 9.17) is 4.74 Å².